The maximum Gasteiger partial charge on any atom is 0.134 e. The van der Waals surface area contributed by atoms with E-state index in [0.29, 0.717) is 6.42 Å². The van der Waals surface area contributed by atoms with E-state index in [1.165, 1.54) is 17.7 Å². The van der Waals surface area contributed by atoms with E-state index >= 15 is 0 Å². The minimum Gasteiger partial charge on any atom is -0.459 e. The molecule has 0 aliphatic carbocycles. The molecule has 20 heavy (non-hydrogen) atoms. The second-order valence-corrected chi connectivity index (χ2v) is 5.52. The number of rotatable bonds is 3. The van der Waals surface area contributed by atoms with Gasteiger partial charge in [0.15, 0.2) is 0 Å². The highest BCUT2D eigenvalue weighted by Crippen LogP contribution is 2.30. The van der Waals surface area contributed by atoms with Crippen LogP contribution in [-0.4, -0.2) is 0 Å². The quantitative estimate of drug-likeness (QED) is 0.588. The van der Waals surface area contributed by atoms with Crippen molar-refractivity contribution in [1.82, 2.24) is 0 Å². The molecular formula is C17H14ClFO. The zero-order valence-corrected chi connectivity index (χ0v) is 11.8. The molecule has 102 valence electrons. The predicted molar refractivity (Wildman–Crippen MR) is 79.6 cm³/mol. The third-order valence-corrected chi connectivity index (χ3v) is 3.70. The van der Waals surface area contributed by atoms with Gasteiger partial charge in [-0.15, -0.1) is 11.6 Å². The lowest BCUT2D eigenvalue weighted by Crippen LogP contribution is -1.94. The smallest absolute Gasteiger partial charge is 0.134 e. The molecule has 0 aliphatic rings. The van der Waals surface area contributed by atoms with Crippen molar-refractivity contribution >= 4 is 22.6 Å². The van der Waals surface area contributed by atoms with E-state index in [4.69, 9.17) is 16.0 Å². The van der Waals surface area contributed by atoms with Crippen LogP contribution in [-0.2, 0) is 6.42 Å². The van der Waals surface area contributed by atoms with Crippen LogP contribution in [0.5, 0.6) is 0 Å². The SMILES string of the molecule is Cc1ccc2oc(C(Cl)Cc3ccc(F)cc3)cc2c1. The van der Waals surface area contributed by atoms with Gasteiger partial charge in [-0.05, 0) is 49.2 Å². The third-order valence-electron chi connectivity index (χ3n) is 3.33. The average Bonchev–Trinajstić information content (AvgIpc) is 2.84. The number of furan rings is 1. The summed E-state index contributed by atoms with van der Waals surface area (Å²) in [4.78, 5) is 0. The number of alkyl halides is 1. The molecule has 0 bridgehead atoms. The van der Waals surface area contributed by atoms with Gasteiger partial charge in [-0.2, -0.15) is 0 Å². The Morgan fingerprint density at radius 2 is 1.85 bits per heavy atom. The standard InChI is InChI=1S/C17H14ClFO/c1-11-2-7-16-13(8-11)10-17(20-16)15(18)9-12-3-5-14(19)6-4-12/h2-8,10,15H,9H2,1H3. The molecule has 3 aromatic rings. The highest BCUT2D eigenvalue weighted by atomic mass is 35.5. The summed E-state index contributed by atoms with van der Waals surface area (Å²) in [6.45, 7) is 2.04. The fourth-order valence-corrected chi connectivity index (χ4v) is 2.55. The van der Waals surface area contributed by atoms with E-state index in [1.54, 1.807) is 12.1 Å². The van der Waals surface area contributed by atoms with E-state index in [-0.39, 0.29) is 11.2 Å². The Hall–Kier alpha value is -1.80. The topological polar surface area (TPSA) is 13.1 Å². The Kier molecular flexibility index (Phi) is 3.49. The minimum absolute atomic E-state index is 0.237. The zero-order valence-electron chi connectivity index (χ0n) is 11.1. The Bertz CT molecular complexity index is 730. The zero-order chi connectivity index (χ0) is 14.1. The largest absolute Gasteiger partial charge is 0.459 e. The van der Waals surface area contributed by atoms with E-state index in [0.717, 1.165) is 22.3 Å². The maximum atomic E-state index is 12.9. The van der Waals surface area contributed by atoms with Crippen molar-refractivity contribution in [3.63, 3.8) is 0 Å². The summed E-state index contributed by atoms with van der Waals surface area (Å²) in [6.07, 6.45) is 0.612. The van der Waals surface area contributed by atoms with Crippen LogP contribution < -0.4 is 0 Å². The number of aryl methyl sites for hydroxylation is 1. The van der Waals surface area contributed by atoms with Gasteiger partial charge in [0.05, 0.1) is 5.38 Å². The fourth-order valence-electron chi connectivity index (χ4n) is 2.27. The van der Waals surface area contributed by atoms with Crippen LogP contribution in [0.4, 0.5) is 4.39 Å². The fraction of sp³-hybridized carbons (Fsp3) is 0.176. The van der Waals surface area contributed by atoms with Crippen molar-refractivity contribution in [1.29, 1.82) is 0 Å². The molecular weight excluding hydrogens is 275 g/mol. The summed E-state index contributed by atoms with van der Waals surface area (Å²) in [5, 5.41) is 0.804. The summed E-state index contributed by atoms with van der Waals surface area (Å²) in [5.74, 6) is 0.510. The molecule has 0 fully saturated rings. The van der Waals surface area contributed by atoms with Gasteiger partial charge in [0, 0.05) is 5.39 Å². The lowest BCUT2D eigenvalue weighted by atomic mass is 10.1. The first-order valence-corrected chi connectivity index (χ1v) is 6.94. The van der Waals surface area contributed by atoms with Crippen molar-refractivity contribution in [3.8, 4) is 0 Å². The molecule has 0 radical (unpaired) electrons. The highest BCUT2D eigenvalue weighted by molar-refractivity contribution is 6.20. The van der Waals surface area contributed by atoms with Gasteiger partial charge in [-0.3, -0.25) is 0 Å². The predicted octanol–water partition coefficient (Wildman–Crippen LogP) is 5.40. The van der Waals surface area contributed by atoms with Gasteiger partial charge in [0.2, 0.25) is 0 Å². The van der Waals surface area contributed by atoms with Gasteiger partial charge < -0.3 is 4.42 Å². The summed E-state index contributed by atoms with van der Waals surface area (Å²) >= 11 is 6.40. The Balaban J connectivity index is 1.84. The molecule has 0 aliphatic heterocycles. The Morgan fingerprint density at radius 1 is 1.10 bits per heavy atom. The van der Waals surface area contributed by atoms with Crippen molar-refractivity contribution < 1.29 is 8.81 Å². The van der Waals surface area contributed by atoms with E-state index in [1.807, 2.05) is 25.1 Å². The number of benzene rings is 2. The summed E-state index contributed by atoms with van der Waals surface area (Å²) < 4.78 is 18.6. The second-order valence-electron chi connectivity index (χ2n) is 4.99. The average molecular weight is 289 g/mol. The summed E-state index contributed by atoms with van der Waals surface area (Å²) in [7, 11) is 0. The van der Waals surface area contributed by atoms with Crippen molar-refractivity contribution in [2.24, 2.45) is 0 Å². The molecule has 1 atom stereocenters. The number of hydrogen-bond donors (Lipinski definition) is 0. The molecule has 0 spiro atoms. The monoisotopic (exact) mass is 288 g/mol. The van der Waals surface area contributed by atoms with Crippen LogP contribution in [0.2, 0.25) is 0 Å². The maximum absolute atomic E-state index is 12.9. The highest BCUT2D eigenvalue weighted by Gasteiger charge is 2.14. The Morgan fingerprint density at radius 3 is 2.60 bits per heavy atom. The molecule has 2 aromatic carbocycles. The van der Waals surface area contributed by atoms with Crippen LogP contribution in [0.15, 0.2) is 52.9 Å². The van der Waals surface area contributed by atoms with Gasteiger partial charge in [-0.1, -0.05) is 23.8 Å². The number of hydrogen-bond acceptors (Lipinski definition) is 1. The molecule has 0 saturated carbocycles. The Labute approximate surface area is 122 Å². The second kappa shape index (κ2) is 5.29. The third kappa shape index (κ3) is 2.70. The van der Waals surface area contributed by atoms with Crippen LogP contribution in [0.25, 0.3) is 11.0 Å². The molecule has 0 N–H and O–H groups in total. The van der Waals surface area contributed by atoms with Crippen LogP contribution in [0.3, 0.4) is 0 Å². The first-order valence-electron chi connectivity index (χ1n) is 6.50. The first-order chi connectivity index (χ1) is 9.61. The van der Waals surface area contributed by atoms with Crippen LogP contribution >= 0.6 is 11.6 Å². The number of halogens is 2. The van der Waals surface area contributed by atoms with E-state index in [9.17, 15) is 4.39 Å². The molecule has 3 rings (SSSR count). The van der Waals surface area contributed by atoms with Crippen molar-refractivity contribution in [2.45, 2.75) is 18.7 Å². The van der Waals surface area contributed by atoms with Crippen molar-refractivity contribution in [3.05, 3.63) is 71.2 Å². The summed E-state index contributed by atoms with van der Waals surface area (Å²) in [5.41, 5.74) is 3.02. The van der Waals surface area contributed by atoms with E-state index in [2.05, 4.69) is 6.07 Å². The van der Waals surface area contributed by atoms with Crippen LogP contribution in [0, 0.1) is 12.7 Å². The van der Waals surface area contributed by atoms with Gasteiger partial charge in [0.1, 0.15) is 17.2 Å². The first kappa shape index (κ1) is 13.2. The van der Waals surface area contributed by atoms with Gasteiger partial charge >= 0.3 is 0 Å². The molecule has 1 heterocycles. The molecule has 0 saturated heterocycles. The lowest BCUT2D eigenvalue weighted by molar-refractivity contribution is 0.540. The molecule has 0 amide bonds. The van der Waals surface area contributed by atoms with Gasteiger partial charge in [0.25, 0.3) is 0 Å². The van der Waals surface area contributed by atoms with Gasteiger partial charge in [-0.25, -0.2) is 4.39 Å². The van der Waals surface area contributed by atoms with Crippen LogP contribution in [0.1, 0.15) is 22.3 Å². The van der Waals surface area contributed by atoms with Crippen molar-refractivity contribution in [2.75, 3.05) is 0 Å². The molecule has 1 unspecified atom stereocenters. The lowest BCUT2D eigenvalue weighted by Gasteiger charge is -2.06. The van der Waals surface area contributed by atoms with E-state index < -0.39 is 0 Å². The normalized spacial score (nSPS) is 12.8. The molecule has 1 nitrogen and oxygen atoms in total. The number of fused-ring (bicyclic) bond motifs is 1. The molecule has 1 aromatic heterocycles. The molecule has 3 heteroatoms. The summed E-state index contributed by atoms with van der Waals surface area (Å²) in [6, 6.07) is 14.4. The minimum atomic E-state index is -0.256.